The Bertz CT molecular complexity index is 939. The SMILES string of the molecule is C#CCNC(=O)c1cc(-c2ccccc2F)nc2c1cnn2C. The average molecular weight is 308 g/mol. The van der Waals surface area contributed by atoms with E-state index in [4.69, 9.17) is 6.42 Å². The van der Waals surface area contributed by atoms with E-state index in [1.807, 2.05) is 0 Å². The third-order valence-electron chi connectivity index (χ3n) is 3.45. The first-order valence-corrected chi connectivity index (χ1v) is 6.91. The number of fused-ring (bicyclic) bond motifs is 1. The number of hydrogen-bond donors (Lipinski definition) is 1. The lowest BCUT2D eigenvalue weighted by molar-refractivity contribution is 0.0960. The first kappa shape index (κ1) is 14.7. The van der Waals surface area contributed by atoms with Gasteiger partial charge in [0.15, 0.2) is 5.65 Å². The van der Waals surface area contributed by atoms with E-state index in [1.54, 1.807) is 37.5 Å². The number of terminal acetylenes is 1. The number of benzene rings is 1. The summed E-state index contributed by atoms with van der Waals surface area (Å²) >= 11 is 0. The molecule has 0 radical (unpaired) electrons. The van der Waals surface area contributed by atoms with E-state index in [0.29, 0.717) is 27.9 Å². The first-order valence-electron chi connectivity index (χ1n) is 6.91. The standard InChI is InChI=1S/C17H13FN4O/c1-3-8-19-17(23)12-9-15(11-6-4-5-7-14(11)18)21-16-13(12)10-20-22(16)2/h1,4-7,9-10H,8H2,2H3,(H,19,23). The van der Waals surface area contributed by atoms with Crippen LogP contribution in [-0.2, 0) is 7.05 Å². The number of nitrogens with one attached hydrogen (secondary N) is 1. The van der Waals surface area contributed by atoms with Crippen LogP contribution in [0.2, 0.25) is 0 Å². The maximum Gasteiger partial charge on any atom is 0.252 e. The quantitative estimate of drug-likeness (QED) is 0.754. The number of pyridine rings is 1. The van der Waals surface area contributed by atoms with Crippen LogP contribution in [0, 0.1) is 18.2 Å². The molecule has 114 valence electrons. The van der Waals surface area contributed by atoms with Gasteiger partial charge in [0.2, 0.25) is 0 Å². The van der Waals surface area contributed by atoms with Gasteiger partial charge in [-0.15, -0.1) is 6.42 Å². The minimum Gasteiger partial charge on any atom is -0.341 e. The van der Waals surface area contributed by atoms with Gasteiger partial charge in [-0.1, -0.05) is 18.1 Å². The van der Waals surface area contributed by atoms with Crippen molar-refractivity contribution in [1.29, 1.82) is 0 Å². The number of amides is 1. The molecule has 6 heteroatoms. The van der Waals surface area contributed by atoms with Crippen LogP contribution < -0.4 is 5.32 Å². The third-order valence-corrected chi connectivity index (χ3v) is 3.45. The van der Waals surface area contributed by atoms with Gasteiger partial charge in [-0.2, -0.15) is 5.10 Å². The normalized spacial score (nSPS) is 10.5. The van der Waals surface area contributed by atoms with Crippen molar-refractivity contribution in [2.45, 2.75) is 0 Å². The number of aryl methyl sites for hydroxylation is 1. The topological polar surface area (TPSA) is 59.8 Å². The molecular formula is C17H13FN4O. The Hall–Kier alpha value is -3.20. The number of nitrogens with zero attached hydrogens (tertiary/aromatic N) is 3. The molecule has 1 aromatic carbocycles. The molecule has 0 atom stereocenters. The lowest BCUT2D eigenvalue weighted by atomic mass is 10.1. The Labute approximate surface area is 132 Å². The highest BCUT2D eigenvalue weighted by Gasteiger charge is 2.17. The smallest absolute Gasteiger partial charge is 0.252 e. The summed E-state index contributed by atoms with van der Waals surface area (Å²) in [7, 11) is 1.71. The van der Waals surface area contributed by atoms with Crippen molar-refractivity contribution in [1.82, 2.24) is 20.1 Å². The van der Waals surface area contributed by atoms with Crippen LogP contribution in [0.3, 0.4) is 0 Å². The van der Waals surface area contributed by atoms with Crippen LogP contribution in [0.1, 0.15) is 10.4 Å². The molecule has 23 heavy (non-hydrogen) atoms. The monoisotopic (exact) mass is 308 g/mol. The van der Waals surface area contributed by atoms with Crippen molar-refractivity contribution < 1.29 is 9.18 Å². The second kappa shape index (κ2) is 5.89. The zero-order chi connectivity index (χ0) is 16.4. The van der Waals surface area contributed by atoms with Gasteiger partial charge in [0.25, 0.3) is 5.91 Å². The van der Waals surface area contributed by atoms with E-state index < -0.39 is 5.82 Å². The molecule has 2 aromatic heterocycles. The minimum atomic E-state index is -0.406. The molecule has 0 saturated heterocycles. The predicted octanol–water partition coefficient (Wildman–Crippen LogP) is 2.14. The molecule has 1 amide bonds. The van der Waals surface area contributed by atoms with Crippen LogP contribution in [-0.4, -0.2) is 27.2 Å². The van der Waals surface area contributed by atoms with Crippen molar-refractivity contribution in [3.8, 4) is 23.6 Å². The van der Waals surface area contributed by atoms with Gasteiger partial charge in [0.05, 0.1) is 29.4 Å². The van der Waals surface area contributed by atoms with Gasteiger partial charge in [-0.3, -0.25) is 9.48 Å². The van der Waals surface area contributed by atoms with E-state index in [-0.39, 0.29) is 12.5 Å². The zero-order valence-corrected chi connectivity index (χ0v) is 12.4. The van der Waals surface area contributed by atoms with Crippen LogP contribution in [0.15, 0.2) is 36.5 Å². The number of hydrogen-bond acceptors (Lipinski definition) is 3. The van der Waals surface area contributed by atoms with E-state index in [2.05, 4.69) is 21.3 Å². The molecule has 5 nitrogen and oxygen atoms in total. The predicted molar refractivity (Wildman–Crippen MR) is 85.1 cm³/mol. The lowest BCUT2D eigenvalue weighted by Gasteiger charge is -2.08. The average Bonchev–Trinajstić information content (AvgIpc) is 2.93. The molecule has 3 aromatic rings. The summed E-state index contributed by atoms with van der Waals surface area (Å²) in [4.78, 5) is 16.8. The summed E-state index contributed by atoms with van der Waals surface area (Å²) in [5.41, 5.74) is 1.54. The summed E-state index contributed by atoms with van der Waals surface area (Å²) in [6, 6.07) is 7.83. The Kier molecular flexibility index (Phi) is 3.77. The zero-order valence-electron chi connectivity index (χ0n) is 12.4. The minimum absolute atomic E-state index is 0.109. The second-order valence-electron chi connectivity index (χ2n) is 4.93. The fourth-order valence-electron chi connectivity index (χ4n) is 2.34. The van der Waals surface area contributed by atoms with Crippen molar-refractivity contribution in [2.75, 3.05) is 6.54 Å². The van der Waals surface area contributed by atoms with Crippen LogP contribution in [0.25, 0.3) is 22.3 Å². The molecular weight excluding hydrogens is 295 g/mol. The highest BCUT2D eigenvalue weighted by molar-refractivity contribution is 6.06. The largest absolute Gasteiger partial charge is 0.341 e. The van der Waals surface area contributed by atoms with Crippen LogP contribution in [0.4, 0.5) is 4.39 Å². The molecule has 3 rings (SSSR count). The molecule has 0 aliphatic heterocycles. The number of halogens is 1. The highest BCUT2D eigenvalue weighted by atomic mass is 19.1. The Morgan fingerprint density at radius 2 is 2.22 bits per heavy atom. The van der Waals surface area contributed by atoms with Gasteiger partial charge in [0.1, 0.15) is 5.82 Å². The summed E-state index contributed by atoms with van der Waals surface area (Å²) in [5, 5.41) is 7.31. The summed E-state index contributed by atoms with van der Waals surface area (Å²) < 4.78 is 15.6. The van der Waals surface area contributed by atoms with Crippen LogP contribution in [0.5, 0.6) is 0 Å². The van der Waals surface area contributed by atoms with Gasteiger partial charge >= 0.3 is 0 Å². The fraction of sp³-hybridized carbons (Fsp3) is 0.118. The van der Waals surface area contributed by atoms with Gasteiger partial charge in [-0.05, 0) is 18.2 Å². The van der Waals surface area contributed by atoms with E-state index in [0.717, 1.165) is 0 Å². The molecule has 0 fully saturated rings. The number of aromatic nitrogens is 3. The van der Waals surface area contributed by atoms with Gasteiger partial charge in [-0.25, -0.2) is 9.37 Å². The van der Waals surface area contributed by atoms with Crippen molar-refractivity contribution >= 4 is 16.9 Å². The van der Waals surface area contributed by atoms with Crippen molar-refractivity contribution in [3.63, 3.8) is 0 Å². The maximum atomic E-state index is 14.0. The van der Waals surface area contributed by atoms with Crippen molar-refractivity contribution in [2.24, 2.45) is 7.05 Å². The van der Waals surface area contributed by atoms with E-state index >= 15 is 0 Å². The summed E-state index contributed by atoms with van der Waals surface area (Å²) in [6.07, 6.45) is 6.72. The van der Waals surface area contributed by atoms with E-state index in [9.17, 15) is 9.18 Å². The fourth-order valence-corrected chi connectivity index (χ4v) is 2.34. The number of carbonyl (C=O) groups excluding carboxylic acids is 1. The molecule has 1 N–H and O–H groups in total. The lowest BCUT2D eigenvalue weighted by Crippen LogP contribution is -2.23. The molecule has 0 bridgehead atoms. The molecule has 0 unspecified atom stereocenters. The second-order valence-corrected chi connectivity index (χ2v) is 4.93. The Morgan fingerprint density at radius 3 is 2.96 bits per heavy atom. The van der Waals surface area contributed by atoms with Crippen molar-refractivity contribution in [3.05, 3.63) is 47.9 Å². The van der Waals surface area contributed by atoms with Gasteiger partial charge < -0.3 is 5.32 Å². The maximum absolute atomic E-state index is 14.0. The molecule has 0 saturated carbocycles. The highest BCUT2D eigenvalue weighted by Crippen LogP contribution is 2.26. The van der Waals surface area contributed by atoms with Crippen LogP contribution >= 0.6 is 0 Å². The molecule has 0 spiro atoms. The summed E-state index contributed by atoms with van der Waals surface area (Å²) in [5.74, 6) is 1.60. The molecule has 2 heterocycles. The Morgan fingerprint density at radius 1 is 1.43 bits per heavy atom. The number of rotatable bonds is 3. The molecule has 0 aliphatic carbocycles. The number of carbonyl (C=O) groups is 1. The van der Waals surface area contributed by atoms with E-state index in [1.165, 1.54) is 10.7 Å². The first-order chi connectivity index (χ1) is 11.1. The Balaban J connectivity index is 2.21. The molecule has 0 aliphatic rings. The summed E-state index contributed by atoms with van der Waals surface area (Å²) in [6.45, 7) is 0.109. The van der Waals surface area contributed by atoms with Gasteiger partial charge in [0, 0.05) is 12.6 Å². The third kappa shape index (κ3) is 2.64.